The van der Waals surface area contributed by atoms with Crippen LogP contribution in [0, 0.1) is 17.0 Å². The third-order valence-corrected chi connectivity index (χ3v) is 5.70. The van der Waals surface area contributed by atoms with E-state index >= 15 is 0 Å². The van der Waals surface area contributed by atoms with E-state index in [0.717, 1.165) is 10.6 Å². The van der Waals surface area contributed by atoms with Crippen molar-refractivity contribution < 1.29 is 14.4 Å². The van der Waals surface area contributed by atoms with Crippen LogP contribution in [-0.4, -0.2) is 33.9 Å². The number of hydrogen-bond donors (Lipinski definition) is 0. The number of hydrogen-bond acceptors (Lipinski definition) is 8. The zero-order chi connectivity index (χ0) is 22.1. The van der Waals surface area contributed by atoms with Gasteiger partial charge in [0, 0.05) is 17.7 Å². The molecule has 0 unspecified atom stereocenters. The molecule has 4 rings (SSSR count). The summed E-state index contributed by atoms with van der Waals surface area (Å²) in [6.07, 6.45) is 0. The Kier molecular flexibility index (Phi) is 5.38. The Bertz CT molecular complexity index is 1360. The molecule has 0 atom stereocenters. The third kappa shape index (κ3) is 3.84. The summed E-state index contributed by atoms with van der Waals surface area (Å²) in [5.41, 5.74) is 1.82. The number of rotatable bonds is 6. The summed E-state index contributed by atoms with van der Waals surface area (Å²) >= 11 is 1.38. The second-order valence-corrected chi connectivity index (χ2v) is 7.92. The van der Waals surface area contributed by atoms with Crippen molar-refractivity contribution in [2.75, 3.05) is 14.2 Å². The molecule has 0 aliphatic carbocycles. The molecule has 0 spiro atoms. The van der Waals surface area contributed by atoms with Crippen molar-refractivity contribution in [1.29, 1.82) is 0 Å². The number of benzene rings is 2. The van der Waals surface area contributed by atoms with Crippen molar-refractivity contribution in [1.82, 2.24) is 14.8 Å². The zero-order valence-electron chi connectivity index (χ0n) is 17.0. The van der Waals surface area contributed by atoms with Crippen LogP contribution in [0.25, 0.3) is 21.5 Å². The van der Waals surface area contributed by atoms with Crippen LogP contribution < -0.4 is 15.0 Å². The van der Waals surface area contributed by atoms with Gasteiger partial charge in [-0.05, 0) is 30.7 Å². The van der Waals surface area contributed by atoms with Crippen molar-refractivity contribution in [3.63, 3.8) is 0 Å². The number of methoxy groups -OCH3 is 2. The fourth-order valence-electron chi connectivity index (χ4n) is 3.29. The van der Waals surface area contributed by atoms with Gasteiger partial charge < -0.3 is 9.47 Å². The van der Waals surface area contributed by atoms with Crippen LogP contribution in [0.4, 0.5) is 5.69 Å². The largest absolute Gasteiger partial charge is 0.493 e. The van der Waals surface area contributed by atoms with E-state index < -0.39 is 4.92 Å². The summed E-state index contributed by atoms with van der Waals surface area (Å²) < 4.78 is 12.7. The Morgan fingerprint density at radius 3 is 2.61 bits per heavy atom. The molecule has 9 nitrogen and oxygen atoms in total. The van der Waals surface area contributed by atoms with E-state index in [1.165, 1.54) is 28.2 Å². The average molecular weight is 438 g/mol. The van der Waals surface area contributed by atoms with E-state index in [1.807, 2.05) is 13.0 Å². The lowest BCUT2D eigenvalue weighted by Gasteiger charge is -2.11. The maximum absolute atomic E-state index is 13.0. The lowest BCUT2D eigenvalue weighted by molar-refractivity contribution is -0.384. The summed E-state index contributed by atoms with van der Waals surface area (Å²) in [7, 11) is 3.10. The monoisotopic (exact) mass is 438 g/mol. The Morgan fingerprint density at radius 1 is 1.13 bits per heavy atom. The molecule has 0 saturated heterocycles. The standard InChI is InChI=1S/C21H18N4O5S/c1-12-22-19-20(31-12)18(14-7-8-16(29-2)17(10-14)30-3)23-24(21(19)26)11-13-5-4-6-15(9-13)25(27)28/h4-10H,11H2,1-3H3. The molecule has 2 aromatic carbocycles. The van der Waals surface area contributed by atoms with Crippen LogP contribution in [0.3, 0.4) is 0 Å². The predicted molar refractivity (Wildman–Crippen MR) is 117 cm³/mol. The molecule has 2 aromatic heterocycles. The van der Waals surface area contributed by atoms with Gasteiger partial charge in [0.25, 0.3) is 11.2 Å². The molecule has 0 N–H and O–H groups in total. The Labute approximate surface area is 180 Å². The van der Waals surface area contributed by atoms with Crippen molar-refractivity contribution in [2.45, 2.75) is 13.5 Å². The van der Waals surface area contributed by atoms with Gasteiger partial charge in [-0.25, -0.2) is 9.67 Å². The lowest BCUT2D eigenvalue weighted by atomic mass is 10.1. The van der Waals surface area contributed by atoms with Gasteiger partial charge >= 0.3 is 0 Å². The average Bonchev–Trinajstić information content (AvgIpc) is 3.17. The van der Waals surface area contributed by atoms with Gasteiger partial charge in [-0.15, -0.1) is 11.3 Å². The number of ether oxygens (including phenoxy) is 2. The van der Waals surface area contributed by atoms with Gasteiger partial charge in [-0.1, -0.05) is 12.1 Å². The van der Waals surface area contributed by atoms with Gasteiger partial charge in [-0.2, -0.15) is 5.10 Å². The number of fused-ring (bicyclic) bond motifs is 1. The zero-order valence-corrected chi connectivity index (χ0v) is 17.8. The minimum absolute atomic E-state index is 0.0451. The molecule has 4 aromatic rings. The third-order valence-electron chi connectivity index (χ3n) is 4.72. The van der Waals surface area contributed by atoms with Crippen LogP contribution >= 0.6 is 11.3 Å². The first-order valence-corrected chi connectivity index (χ1v) is 10.1. The molecule has 0 fully saturated rings. The highest BCUT2D eigenvalue weighted by Crippen LogP contribution is 2.35. The van der Waals surface area contributed by atoms with Gasteiger partial charge in [0.15, 0.2) is 17.0 Å². The SMILES string of the molecule is COc1ccc(-c2nn(Cc3cccc([N+](=O)[O-])c3)c(=O)c3nc(C)sc23)cc1OC. The molecular formula is C21H18N4O5S. The number of aromatic nitrogens is 3. The highest BCUT2D eigenvalue weighted by atomic mass is 32.1. The summed E-state index contributed by atoms with van der Waals surface area (Å²) in [6.45, 7) is 1.90. The smallest absolute Gasteiger partial charge is 0.294 e. The quantitative estimate of drug-likeness (QED) is 0.333. The van der Waals surface area contributed by atoms with E-state index in [0.29, 0.717) is 33.0 Å². The molecule has 10 heteroatoms. The number of non-ortho nitro benzene ring substituents is 1. The Morgan fingerprint density at radius 2 is 1.90 bits per heavy atom. The van der Waals surface area contributed by atoms with Gasteiger partial charge in [0.1, 0.15) is 5.69 Å². The highest BCUT2D eigenvalue weighted by Gasteiger charge is 2.18. The van der Waals surface area contributed by atoms with E-state index in [1.54, 1.807) is 38.5 Å². The summed E-state index contributed by atoms with van der Waals surface area (Å²) in [4.78, 5) is 28.1. The minimum atomic E-state index is -0.470. The van der Waals surface area contributed by atoms with Gasteiger partial charge in [0.2, 0.25) is 0 Å². The molecule has 158 valence electrons. The van der Waals surface area contributed by atoms with Crippen LogP contribution in [0.15, 0.2) is 47.3 Å². The number of nitro benzene ring substituents is 1. The molecule has 0 aliphatic rings. The van der Waals surface area contributed by atoms with Crippen molar-refractivity contribution in [3.05, 3.63) is 73.5 Å². The summed E-state index contributed by atoms with van der Waals surface area (Å²) in [5.74, 6) is 1.11. The van der Waals surface area contributed by atoms with Crippen LogP contribution in [0.5, 0.6) is 11.5 Å². The molecular weight excluding hydrogens is 420 g/mol. The molecule has 31 heavy (non-hydrogen) atoms. The van der Waals surface area contributed by atoms with Crippen molar-refractivity contribution in [3.8, 4) is 22.8 Å². The van der Waals surface area contributed by atoms with E-state index in [9.17, 15) is 14.9 Å². The molecule has 0 amide bonds. The van der Waals surface area contributed by atoms with Crippen LogP contribution in [0.1, 0.15) is 10.6 Å². The molecule has 0 saturated carbocycles. The Balaban J connectivity index is 1.89. The van der Waals surface area contributed by atoms with E-state index in [2.05, 4.69) is 10.1 Å². The highest BCUT2D eigenvalue weighted by molar-refractivity contribution is 7.19. The van der Waals surface area contributed by atoms with Crippen molar-refractivity contribution >= 4 is 27.2 Å². The van der Waals surface area contributed by atoms with E-state index in [4.69, 9.17) is 9.47 Å². The van der Waals surface area contributed by atoms with Crippen LogP contribution in [-0.2, 0) is 6.54 Å². The molecule has 0 bridgehead atoms. The van der Waals surface area contributed by atoms with E-state index in [-0.39, 0.29) is 17.8 Å². The van der Waals surface area contributed by atoms with Crippen LogP contribution in [0.2, 0.25) is 0 Å². The second-order valence-electron chi connectivity index (χ2n) is 6.72. The summed E-state index contributed by atoms with van der Waals surface area (Å²) in [5, 5.41) is 16.4. The second kappa shape index (κ2) is 8.15. The maximum Gasteiger partial charge on any atom is 0.294 e. The topological polar surface area (TPSA) is 109 Å². The fraction of sp³-hybridized carbons (Fsp3) is 0.190. The van der Waals surface area contributed by atoms with Gasteiger partial charge in [-0.3, -0.25) is 14.9 Å². The predicted octanol–water partition coefficient (Wildman–Crippen LogP) is 3.80. The lowest BCUT2D eigenvalue weighted by Crippen LogP contribution is -2.24. The molecule has 2 heterocycles. The fourth-order valence-corrected chi connectivity index (χ4v) is 4.20. The van der Waals surface area contributed by atoms with Crippen molar-refractivity contribution in [2.24, 2.45) is 0 Å². The minimum Gasteiger partial charge on any atom is -0.493 e. The molecule has 0 aliphatic heterocycles. The first-order valence-electron chi connectivity index (χ1n) is 9.25. The first kappa shape index (κ1) is 20.5. The number of nitro groups is 1. The maximum atomic E-state index is 13.0. The number of aryl methyl sites for hydroxylation is 1. The summed E-state index contributed by atoms with van der Waals surface area (Å²) in [6, 6.07) is 11.5. The normalized spacial score (nSPS) is 10.9. The molecule has 0 radical (unpaired) electrons. The number of nitrogens with zero attached hydrogens (tertiary/aromatic N) is 4. The van der Waals surface area contributed by atoms with Gasteiger partial charge in [0.05, 0.1) is 35.4 Å². The number of thiazole rings is 1. The Hall–Kier alpha value is -3.79. The first-order chi connectivity index (χ1) is 14.9.